The Bertz CT molecular complexity index is 636. The minimum atomic E-state index is -0.520. The molecule has 2 heterocycles. The molecule has 1 aliphatic heterocycles. The topological polar surface area (TPSA) is 45.5 Å². The minimum Gasteiger partial charge on any atom is -0.388 e. The molecule has 4 heteroatoms. The highest BCUT2D eigenvalue weighted by Gasteiger charge is 2.31. The van der Waals surface area contributed by atoms with Crippen LogP contribution in [0.25, 0.3) is 0 Å². The first-order chi connectivity index (χ1) is 10.7. The van der Waals surface area contributed by atoms with E-state index in [0.717, 1.165) is 24.9 Å². The third kappa shape index (κ3) is 2.92. The van der Waals surface area contributed by atoms with E-state index < -0.39 is 6.10 Å². The fraction of sp³-hybridized carbons (Fsp3) is 0.389. The number of rotatable bonds is 4. The van der Waals surface area contributed by atoms with E-state index in [2.05, 4.69) is 0 Å². The molecule has 1 saturated heterocycles. The molecule has 3 rings (SSSR count). The maximum atomic E-state index is 12.7. The molecule has 0 bridgehead atoms. The molecule has 0 spiro atoms. The first-order valence-corrected chi connectivity index (χ1v) is 7.82. The molecule has 0 aliphatic carbocycles. The number of carbonyl (C=O) groups excluding carboxylic acids is 1. The molecule has 1 amide bonds. The van der Waals surface area contributed by atoms with Crippen LogP contribution in [0, 0.1) is 0 Å². The molecule has 1 N–H and O–H groups in total. The number of aryl methyl sites for hydroxylation is 1. The highest BCUT2D eigenvalue weighted by atomic mass is 16.3. The SMILES string of the molecule is Cn1cccc1C(=O)N1CCC[C@@H]1C[C@@H](O)c1ccccc1. The van der Waals surface area contributed by atoms with E-state index in [-0.39, 0.29) is 11.9 Å². The Morgan fingerprint density at radius 3 is 2.73 bits per heavy atom. The number of carbonyl (C=O) groups is 1. The van der Waals surface area contributed by atoms with Crippen LogP contribution in [-0.4, -0.2) is 33.1 Å². The van der Waals surface area contributed by atoms with Gasteiger partial charge >= 0.3 is 0 Å². The van der Waals surface area contributed by atoms with Crippen LogP contribution in [0.4, 0.5) is 0 Å². The Labute approximate surface area is 131 Å². The van der Waals surface area contributed by atoms with Gasteiger partial charge in [-0.2, -0.15) is 0 Å². The van der Waals surface area contributed by atoms with Gasteiger partial charge in [0.05, 0.1) is 6.10 Å². The predicted octanol–water partition coefficient (Wildman–Crippen LogP) is 2.75. The molecule has 4 nitrogen and oxygen atoms in total. The summed E-state index contributed by atoms with van der Waals surface area (Å²) in [7, 11) is 1.89. The summed E-state index contributed by atoms with van der Waals surface area (Å²) in [6.45, 7) is 0.774. The van der Waals surface area contributed by atoms with Gasteiger partial charge in [0, 0.05) is 25.8 Å². The quantitative estimate of drug-likeness (QED) is 0.943. The van der Waals surface area contributed by atoms with Gasteiger partial charge in [-0.15, -0.1) is 0 Å². The van der Waals surface area contributed by atoms with Crippen molar-refractivity contribution in [2.24, 2.45) is 7.05 Å². The van der Waals surface area contributed by atoms with Gasteiger partial charge in [-0.25, -0.2) is 0 Å². The zero-order valence-corrected chi connectivity index (χ0v) is 12.9. The molecule has 1 aromatic carbocycles. The Morgan fingerprint density at radius 1 is 1.27 bits per heavy atom. The molecule has 1 aromatic heterocycles. The van der Waals surface area contributed by atoms with Gasteiger partial charge in [-0.05, 0) is 37.0 Å². The van der Waals surface area contributed by atoms with Crippen molar-refractivity contribution in [3.63, 3.8) is 0 Å². The largest absolute Gasteiger partial charge is 0.388 e. The van der Waals surface area contributed by atoms with Crippen LogP contribution in [0.2, 0.25) is 0 Å². The minimum absolute atomic E-state index is 0.0651. The van der Waals surface area contributed by atoms with Crippen LogP contribution in [0.15, 0.2) is 48.7 Å². The summed E-state index contributed by atoms with van der Waals surface area (Å²) in [6.07, 6.45) is 3.92. The van der Waals surface area contributed by atoms with Gasteiger partial charge in [-0.3, -0.25) is 4.79 Å². The van der Waals surface area contributed by atoms with Crippen molar-refractivity contribution in [2.45, 2.75) is 31.4 Å². The van der Waals surface area contributed by atoms with Crippen LogP contribution in [0.1, 0.15) is 41.4 Å². The molecule has 2 atom stereocenters. The Balaban J connectivity index is 1.71. The van der Waals surface area contributed by atoms with E-state index >= 15 is 0 Å². The molecular weight excluding hydrogens is 276 g/mol. The molecule has 0 radical (unpaired) electrons. The average molecular weight is 298 g/mol. The van der Waals surface area contributed by atoms with Gasteiger partial charge in [-0.1, -0.05) is 30.3 Å². The smallest absolute Gasteiger partial charge is 0.270 e. The lowest BCUT2D eigenvalue weighted by molar-refractivity contribution is 0.0658. The summed E-state index contributed by atoms with van der Waals surface area (Å²) in [6, 6.07) is 13.5. The maximum absolute atomic E-state index is 12.7. The van der Waals surface area contributed by atoms with Crippen LogP contribution in [0.3, 0.4) is 0 Å². The van der Waals surface area contributed by atoms with Crippen LogP contribution < -0.4 is 0 Å². The van der Waals surface area contributed by atoms with Crippen molar-refractivity contribution >= 4 is 5.91 Å². The van der Waals surface area contributed by atoms with Gasteiger partial charge in [0.25, 0.3) is 5.91 Å². The molecule has 0 saturated carbocycles. The first-order valence-electron chi connectivity index (χ1n) is 7.82. The molecule has 1 fully saturated rings. The molecule has 0 unspecified atom stereocenters. The number of aromatic nitrogens is 1. The lowest BCUT2D eigenvalue weighted by Gasteiger charge is -2.27. The summed E-state index contributed by atoms with van der Waals surface area (Å²) in [5.41, 5.74) is 1.63. The number of aliphatic hydroxyl groups excluding tert-OH is 1. The van der Waals surface area contributed by atoms with E-state index in [1.54, 1.807) is 0 Å². The molecule has 2 aromatic rings. The van der Waals surface area contributed by atoms with E-state index in [0.29, 0.717) is 12.1 Å². The highest BCUT2D eigenvalue weighted by molar-refractivity contribution is 5.93. The summed E-state index contributed by atoms with van der Waals surface area (Å²) < 4.78 is 1.85. The summed E-state index contributed by atoms with van der Waals surface area (Å²) >= 11 is 0. The second-order valence-corrected chi connectivity index (χ2v) is 5.96. The second kappa shape index (κ2) is 6.36. The number of likely N-dealkylation sites (tertiary alicyclic amines) is 1. The molecule has 22 heavy (non-hydrogen) atoms. The van der Waals surface area contributed by atoms with E-state index in [1.807, 2.05) is 65.2 Å². The fourth-order valence-electron chi connectivity index (χ4n) is 3.25. The standard InChI is InChI=1S/C18H22N2O2/c1-19-11-6-10-16(19)18(22)20-12-5-9-15(20)13-17(21)14-7-3-2-4-8-14/h2-4,6-8,10-11,15,17,21H,5,9,12-13H2,1H3/t15-,17-/m1/s1. The zero-order chi connectivity index (χ0) is 15.5. The fourth-order valence-corrected chi connectivity index (χ4v) is 3.25. The number of nitrogens with zero attached hydrogens (tertiary/aromatic N) is 2. The van der Waals surface area contributed by atoms with E-state index in [1.165, 1.54) is 0 Å². The van der Waals surface area contributed by atoms with Crippen molar-refractivity contribution < 1.29 is 9.90 Å². The van der Waals surface area contributed by atoms with Crippen molar-refractivity contribution in [1.29, 1.82) is 0 Å². The number of benzene rings is 1. The summed E-state index contributed by atoms with van der Waals surface area (Å²) in [5, 5.41) is 10.4. The lowest BCUT2D eigenvalue weighted by Crippen LogP contribution is -2.37. The number of aliphatic hydroxyl groups is 1. The average Bonchev–Trinajstić information content (AvgIpc) is 3.16. The van der Waals surface area contributed by atoms with Crippen molar-refractivity contribution in [3.05, 3.63) is 59.9 Å². The van der Waals surface area contributed by atoms with Crippen LogP contribution in [0.5, 0.6) is 0 Å². The highest BCUT2D eigenvalue weighted by Crippen LogP contribution is 2.28. The van der Waals surface area contributed by atoms with Gasteiger partial charge in [0.15, 0.2) is 0 Å². The monoisotopic (exact) mass is 298 g/mol. The van der Waals surface area contributed by atoms with E-state index in [4.69, 9.17) is 0 Å². The third-order valence-corrected chi connectivity index (χ3v) is 4.48. The Kier molecular flexibility index (Phi) is 4.29. The number of hydrogen-bond acceptors (Lipinski definition) is 2. The third-order valence-electron chi connectivity index (χ3n) is 4.48. The molecule has 1 aliphatic rings. The van der Waals surface area contributed by atoms with Gasteiger partial charge in [0.1, 0.15) is 5.69 Å². The van der Waals surface area contributed by atoms with Crippen molar-refractivity contribution in [2.75, 3.05) is 6.54 Å². The Morgan fingerprint density at radius 2 is 2.05 bits per heavy atom. The molecular formula is C18H22N2O2. The van der Waals surface area contributed by atoms with Crippen molar-refractivity contribution in [3.8, 4) is 0 Å². The van der Waals surface area contributed by atoms with Gasteiger partial charge in [0.2, 0.25) is 0 Å². The lowest BCUT2D eigenvalue weighted by atomic mass is 10.0. The maximum Gasteiger partial charge on any atom is 0.270 e. The van der Waals surface area contributed by atoms with Crippen LogP contribution in [-0.2, 0) is 7.05 Å². The van der Waals surface area contributed by atoms with Crippen LogP contribution >= 0.6 is 0 Å². The van der Waals surface area contributed by atoms with Crippen molar-refractivity contribution in [1.82, 2.24) is 9.47 Å². The predicted molar refractivity (Wildman–Crippen MR) is 85.5 cm³/mol. The molecule has 116 valence electrons. The summed E-state index contributed by atoms with van der Waals surface area (Å²) in [4.78, 5) is 14.6. The zero-order valence-electron chi connectivity index (χ0n) is 12.9. The normalized spacial score (nSPS) is 19.4. The van der Waals surface area contributed by atoms with E-state index in [9.17, 15) is 9.90 Å². The summed E-state index contributed by atoms with van der Waals surface area (Å²) in [5.74, 6) is 0.0651. The second-order valence-electron chi connectivity index (χ2n) is 5.96. The first kappa shape index (κ1) is 14.9. The number of hydrogen-bond donors (Lipinski definition) is 1. The van der Waals surface area contributed by atoms with Gasteiger partial charge < -0.3 is 14.6 Å². The number of amides is 1. The Hall–Kier alpha value is -2.07.